The molecule has 0 unspecified atom stereocenters. The maximum absolute atomic E-state index is 14.2. The van der Waals surface area contributed by atoms with Crippen molar-refractivity contribution >= 4 is 11.6 Å². The molecule has 0 saturated carbocycles. The topological polar surface area (TPSA) is 38.3 Å². The molecule has 172 valence electrons. The Morgan fingerprint density at radius 1 is 0.765 bits per heavy atom. The third-order valence-corrected chi connectivity index (χ3v) is 5.99. The fourth-order valence-corrected chi connectivity index (χ4v) is 4.30. The molecule has 3 nitrogen and oxygen atoms in total. The van der Waals surface area contributed by atoms with Gasteiger partial charge < -0.3 is 10.1 Å². The normalized spacial score (nSPS) is 11.3. The van der Waals surface area contributed by atoms with Gasteiger partial charge in [-0.3, -0.25) is 4.79 Å². The molecule has 34 heavy (non-hydrogen) atoms. The molecule has 0 fully saturated rings. The van der Waals surface area contributed by atoms with Crippen LogP contribution < -0.4 is 10.1 Å². The zero-order chi connectivity index (χ0) is 24.0. The number of hydrogen-bond donors (Lipinski definition) is 1. The van der Waals surface area contributed by atoms with E-state index in [0.717, 1.165) is 28.1 Å². The van der Waals surface area contributed by atoms with E-state index in [1.165, 1.54) is 5.56 Å². The zero-order valence-electron chi connectivity index (χ0n) is 20.0. The third kappa shape index (κ3) is 5.20. The number of ether oxygens (including phenoxy) is 1. The first kappa shape index (κ1) is 23.3. The highest BCUT2D eigenvalue weighted by Gasteiger charge is 2.42. The van der Waals surface area contributed by atoms with E-state index in [2.05, 4.69) is 36.5 Å². The summed E-state index contributed by atoms with van der Waals surface area (Å²) >= 11 is 0. The maximum Gasteiger partial charge on any atom is 0.239 e. The Balaban J connectivity index is 1.78. The lowest BCUT2D eigenvalue weighted by atomic mass is 9.69. The summed E-state index contributed by atoms with van der Waals surface area (Å²) in [5.74, 6) is 0.716. The lowest BCUT2D eigenvalue weighted by molar-refractivity contribution is -0.120. The Hall–Kier alpha value is -3.85. The van der Waals surface area contributed by atoms with E-state index < -0.39 is 5.41 Å². The number of carbonyl (C=O) groups excluding carboxylic acids is 1. The fourth-order valence-electron chi connectivity index (χ4n) is 4.30. The predicted molar refractivity (Wildman–Crippen MR) is 139 cm³/mol. The van der Waals surface area contributed by atoms with Gasteiger partial charge in [-0.25, -0.2) is 0 Å². The Kier molecular flexibility index (Phi) is 7.12. The summed E-state index contributed by atoms with van der Waals surface area (Å²) in [6.45, 7) is 6.06. The number of benzene rings is 4. The van der Waals surface area contributed by atoms with E-state index in [-0.39, 0.29) is 12.0 Å². The summed E-state index contributed by atoms with van der Waals surface area (Å²) in [4.78, 5) is 14.2. The van der Waals surface area contributed by atoms with Crippen molar-refractivity contribution < 1.29 is 9.53 Å². The van der Waals surface area contributed by atoms with E-state index in [9.17, 15) is 4.79 Å². The minimum absolute atomic E-state index is 0.0667. The SMILES string of the molecule is Cc1ccc(CC(C(=O)Nc2ccc(OC(C)C)cc2)(c2ccccc2)c2ccccc2)cc1. The molecular weight excluding hydrogens is 418 g/mol. The summed E-state index contributed by atoms with van der Waals surface area (Å²) in [5, 5.41) is 3.20. The summed E-state index contributed by atoms with van der Waals surface area (Å²) in [6, 6.07) is 36.1. The summed E-state index contributed by atoms with van der Waals surface area (Å²) in [5.41, 5.74) is 4.06. The highest BCUT2D eigenvalue weighted by atomic mass is 16.5. The Morgan fingerprint density at radius 3 is 1.79 bits per heavy atom. The van der Waals surface area contributed by atoms with Crippen LogP contribution in [0.15, 0.2) is 109 Å². The molecule has 0 spiro atoms. The summed E-state index contributed by atoms with van der Waals surface area (Å²) in [6.07, 6.45) is 0.639. The van der Waals surface area contributed by atoms with Gasteiger partial charge in [0.1, 0.15) is 11.2 Å². The summed E-state index contributed by atoms with van der Waals surface area (Å²) < 4.78 is 5.76. The van der Waals surface area contributed by atoms with Crippen molar-refractivity contribution in [2.24, 2.45) is 0 Å². The largest absolute Gasteiger partial charge is 0.491 e. The van der Waals surface area contributed by atoms with Crippen LogP contribution in [0, 0.1) is 6.92 Å². The van der Waals surface area contributed by atoms with Gasteiger partial charge in [0, 0.05) is 5.69 Å². The number of nitrogens with one attached hydrogen (secondary N) is 1. The van der Waals surface area contributed by atoms with E-state index in [4.69, 9.17) is 4.74 Å². The molecule has 0 aliphatic carbocycles. The molecule has 3 heteroatoms. The monoisotopic (exact) mass is 449 g/mol. The number of carbonyl (C=O) groups is 1. The van der Waals surface area contributed by atoms with Crippen molar-refractivity contribution in [2.75, 3.05) is 5.32 Å². The van der Waals surface area contributed by atoms with Gasteiger partial charge in [-0.05, 0) is 68.1 Å². The lowest BCUT2D eigenvalue weighted by Gasteiger charge is -2.34. The van der Waals surface area contributed by atoms with Gasteiger partial charge >= 0.3 is 0 Å². The zero-order valence-corrected chi connectivity index (χ0v) is 20.0. The van der Waals surface area contributed by atoms with Crippen LogP contribution in [0.2, 0.25) is 0 Å². The highest BCUT2D eigenvalue weighted by Crippen LogP contribution is 2.37. The van der Waals surface area contributed by atoms with Crippen LogP contribution in [-0.4, -0.2) is 12.0 Å². The fraction of sp³-hybridized carbons (Fsp3) is 0.194. The first-order chi connectivity index (χ1) is 16.5. The molecule has 0 aliphatic heterocycles. The Morgan fingerprint density at radius 2 is 1.29 bits per heavy atom. The molecule has 1 amide bonds. The first-order valence-electron chi connectivity index (χ1n) is 11.7. The van der Waals surface area contributed by atoms with Crippen LogP contribution in [-0.2, 0) is 16.6 Å². The smallest absolute Gasteiger partial charge is 0.239 e. The van der Waals surface area contributed by atoms with Crippen LogP contribution in [0.4, 0.5) is 5.69 Å². The van der Waals surface area contributed by atoms with Gasteiger partial charge in [0.2, 0.25) is 5.91 Å². The van der Waals surface area contributed by atoms with Crippen molar-refractivity contribution in [2.45, 2.75) is 38.7 Å². The number of rotatable bonds is 8. The van der Waals surface area contributed by atoms with Crippen molar-refractivity contribution in [3.8, 4) is 5.75 Å². The Labute approximate surface area is 202 Å². The van der Waals surface area contributed by atoms with Crippen molar-refractivity contribution in [1.29, 1.82) is 0 Å². The van der Waals surface area contributed by atoms with E-state index in [1.54, 1.807) is 0 Å². The van der Waals surface area contributed by atoms with Crippen molar-refractivity contribution in [3.63, 3.8) is 0 Å². The second-order valence-electron chi connectivity index (χ2n) is 8.94. The predicted octanol–water partition coefficient (Wildman–Crippen LogP) is 6.95. The van der Waals surface area contributed by atoms with E-state index >= 15 is 0 Å². The molecule has 4 aromatic carbocycles. The molecule has 0 aliphatic rings. The van der Waals surface area contributed by atoms with Crippen LogP contribution in [0.1, 0.15) is 36.1 Å². The first-order valence-corrected chi connectivity index (χ1v) is 11.7. The average molecular weight is 450 g/mol. The molecule has 0 heterocycles. The van der Waals surface area contributed by atoms with Gasteiger partial charge in [0.05, 0.1) is 6.10 Å². The Bertz CT molecular complexity index is 1160. The molecule has 0 aromatic heterocycles. The van der Waals surface area contributed by atoms with Crippen LogP contribution >= 0.6 is 0 Å². The average Bonchev–Trinajstić information content (AvgIpc) is 2.85. The van der Waals surface area contributed by atoms with Gasteiger partial charge in [0.25, 0.3) is 0 Å². The number of aryl methyl sites for hydroxylation is 1. The third-order valence-electron chi connectivity index (χ3n) is 5.99. The lowest BCUT2D eigenvalue weighted by Crippen LogP contribution is -2.43. The minimum Gasteiger partial charge on any atom is -0.491 e. The number of amides is 1. The van der Waals surface area contributed by atoms with Gasteiger partial charge in [0.15, 0.2) is 0 Å². The van der Waals surface area contributed by atoms with Gasteiger partial charge in [-0.15, -0.1) is 0 Å². The molecule has 4 aromatic rings. The van der Waals surface area contributed by atoms with E-state index in [1.807, 2.05) is 98.8 Å². The number of hydrogen-bond acceptors (Lipinski definition) is 2. The molecule has 0 atom stereocenters. The van der Waals surface area contributed by atoms with Crippen LogP contribution in [0.5, 0.6) is 5.75 Å². The molecule has 0 radical (unpaired) electrons. The quantitative estimate of drug-likeness (QED) is 0.316. The van der Waals surface area contributed by atoms with Gasteiger partial charge in [-0.2, -0.15) is 0 Å². The van der Waals surface area contributed by atoms with Crippen LogP contribution in [0.3, 0.4) is 0 Å². The maximum atomic E-state index is 14.2. The highest BCUT2D eigenvalue weighted by molar-refractivity contribution is 6.02. The van der Waals surface area contributed by atoms with Crippen molar-refractivity contribution in [1.82, 2.24) is 0 Å². The second kappa shape index (κ2) is 10.4. The van der Waals surface area contributed by atoms with Gasteiger partial charge in [-0.1, -0.05) is 90.5 Å². The molecule has 0 bridgehead atoms. The molecule has 0 saturated heterocycles. The number of anilines is 1. The molecule has 1 N–H and O–H groups in total. The standard InChI is InChI=1S/C31H31NO2/c1-23(2)34-29-20-18-28(19-21-29)32-30(33)31(26-10-6-4-7-11-26,27-12-8-5-9-13-27)22-25-16-14-24(3)15-17-25/h4-21,23H,22H2,1-3H3,(H,32,33). The second-order valence-corrected chi connectivity index (χ2v) is 8.94. The van der Waals surface area contributed by atoms with E-state index in [0.29, 0.717) is 6.42 Å². The molecular formula is C31H31NO2. The van der Waals surface area contributed by atoms with Crippen LogP contribution in [0.25, 0.3) is 0 Å². The molecule has 4 rings (SSSR count). The summed E-state index contributed by atoms with van der Waals surface area (Å²) in [7, 11) is 0. The minimum atomic E-state index is -0.898. The van der Waals surface area contributed by atoms with Crippen molar-refractivity contribution in [3.05, 3.63) is 131 Å².